The fraction of sp³-hybridized carbons (Fsp3) is 0.188. The highest BCUT2D eigenvalue weighted by Crippen LogP contribution is 2.32. The Labute approximate surface area is 131 Å². The molecule has 3 aromatic rings. The van der Waals surface area contributed by atoms with E-state index >= 15 is 0 Å². The van der Waals surface area contributed by atoms with E-state index in [0.717, 1.165) is 27.8 Å². The van der Waals surface area contributed by atoms with Crippen molar-refractivity contribution >= 4 is 17.1 Å². The number of aliphatic hydroxyl groups excluding tert-OH is 1. The smallest absolute Gasteiger partial charge is 0.404 e. The highest BCUT2D eigenvalue weighted by molar-refractivity contribution is 5.94. The summed E-state index contributed by atoms with van der Waals surface area (Å²) in [5, 5.41) is 25.2. The van der Waals surface area contributed by atoms with E-state index in [1.807, 2.05) is 19.1 Å². The molecule has 118 valence electrons. The maximum atomic E-state index is 10.6. The van der Waals surface area contributed by atoms with Crippen molar-refractivity contribution in [3.8, 4) is 11.1 Å². The highest BCUT2D eigenvalue weighted by atomic mass is 16.5. The van der Waals surface area contributed by atoms with Crippen LogP contribution in [0.2, 0.25) is 0 Å². The van der Waals surface area contributed by atoms with Crippen molar-refractivity contribution in [2.24, 2.45) is 0 Å². The predicted octanol–water partition coefficient (Wildman–Crippen LogP) is 2.46. The topological polar surface area (TPSA) is 108 Å². The minimum atomic E-state index is -1.10. The molecule has 0 unspecified atom stereocenters. The first-order valence-electron chi connectivity index (χ1n) is 7.00. The lowest BCUT2D eigenvalue weighted by molar-refractivity contribution is 0.194. The summed E-state index contributed by atoms with van der Waals surface area (Å²) < 4.78 is 5.41. The summed E-state index contributed by atoms with van der Waals surface area (Å²) in [7, 11) is 0. The molecule has 0 aliphatic rings. The number of aryl methyl sites for hydroxylation is 1. The van der Waals surface area contributed by atoms with Crippen molar-refractivity contribution < 1.29 is 19.5 Å². The van der Waals surface area contributed by atoms with E-state index in [9.17, 15) is 9.90 Å². The van der Waals surface area contributed by atoms with Gasteiger partial charge in [0.1, 0.15) is 0 Å². The van der Waals surface area contributed by atoms with Crippen molar-refractivity contribution in [2.45, 2.75) is 20.1 Å². The second-order valence-corrected chi connectivity index (χ2v) is 5.14. The van der Waals surface area contributed by atoms with E-state index in [0.29, 0.717) is 11.3 Å². The molecule has 0 fully saturated rings. The van der Waals surface area contributed by atoms with Crippen molar-refractivity contribution in [1.82, 2.24) is 15.5 Å². The third-order valence-corrected chi connectivity index (χ3v) is 3.54. The first-order chi connectivity index (χ1) is 11.1. The summed E-state index contributed by atoms with van der Waals surface area (Å²) in [6.07, 6.45) is 0.502. The van der Waals surface area contributed by atoms with Crippen LogP contribution in [0.3, 0.4) is 0 Å². The summed E-state index contributed by atoms with van der Waals surface area (Å²) >= 11 is 0. The van der Waals surface area contributed by atoms with E-state index in [1.165, 1.54) is 0 Å². The van der Waals surface area contributed by atoms with Crippen molar-refractivity contribution in [1.29, 1.82) is 0 Å². The largest absolute Gasteiger partial charge is 0.465 e. The molecule has 3 rings (SSSR count). The van der Waals surface area contributed by atoms with E-state index in [2.05, 4.69) is 15.5 Å². The normalized spacial score (nSPS) is 10.9. The van der Waals surface area contributed by atoms with Gasteiger partial charge < -0.3 is 20.1 Å². The van der Waals surface area contributed by atoms with Gasteiger partial charge in [-0.25, -0.2) is 4.79 Å². The van der Waals surface area contributed by atoms with Gasteiger partial charge in [0.05, 0.1) is 24.5 Å². The number of rotatable bonds is 4. The summed E-state index contributed by atoms with van der Waals surface area (Å²) in [6, 6.07) is 7.26. The molecule has 0 bridgehead atoms. The summed E-state index contributed by atoms with van der Waals surface area (Å²) in [6.45, 7) is 1.86. The molecule has 0 spiro atoms. The van der Waals surface area contributed by atoms with Crippen LogP contribution in [-0.4, -0.2) is 26.4 Å². The Morgan fingerprint density at radius 1 is 1.35 bits per heavy atom. The van der Waals surface area contributed by atoms with Crippen LogP contribution >= 0.6 is 0 Å². The number of carbonyl (C=O) groups is 1. The van der Waals surface area contributed by atoms with Crippen molar-refractivity contribution in [2.75, 3.05) is 0 Å². The number of aromatic nitrogens is 2. The van der Waals surface area contributed by atoms with Crippen LogP contribution < -0.4 is 5.32 Å². The average Bonchev–Trinajstić information content (AvgIpc) is 2.93. The fourth-order valence-electron chi connectivity index (χ4n) is 2.43. The predicted molar refractivity (Wildman–Crippen MR) is 82.8 cm³/mol. The maximum absolute atomic E-state index is 10.6. The molecule has 0 saturated heterocycles. The Kier molecular flexibility index (Phi) is 3.94. The molecule has 0 atom stereocenters. The minimum Gasteiger partial charge on any atom is -0.465 e. The van der Waals surface area contributed by atoms with Crippen LogP contribution in [0.4, 0.5) is 4.79 Å². The third-order valence-electron chi connectivity index (χ3n) is 3.54. The number of carboxylic acid groups (broad SMARTS) is 1. The molecule has 0 aliphatic carbocycles. The van der Waals surface area contributed by atoms with Crippen molar-refractivity contribution in [3.63, 3.8) is 0 Å². The SMILES string of the molecule is Cc1noc2c(-c3ccnc(CNC(=O)O)c3)cc(CO)cc12. The number of hydrogen-bond acceptors (Lipinski definition) is 5. The number of aliphatic hydroxyl groups is 1. The number of amides is 1. The monoisotopic (exact) mass is 313 g/mol. The van der Waals surface area contributed by atoms with Gasteiger partial charge in [0.2, 0.25) is 0 Å². The van der Waals surface area contributed by atoms with Gasteiger partial charge in [-0.2, -0.15) is 0 Å². The van der Waals surface area contributed by atoms with Crippen LogP contribution in [0.25, 0.3) is 22.1 Å². The molecular weight excluding hydrogens is 298 g/mol. The van der Waals surface area contributed by atoms with Gasteiger partial charge in [-0.3, -0.25) is 4.98 Å². The van der Waals surface area contributed by atoms with Crippen LogP contribution in [0, 0.1) is 6.92 Å². The molecule has 2 heterocycles. The first kappa shape index (κ1) is 15.0. The molecule has 2 aromatic heterocycles. The lowest BCUT2D eigenvalue weighted by atomic mass is 10.00. The summed E-state index contributed by atoms with van der Waals surface area (Å²) in [5.74, 6) is 0. The van der Waals surface area contributed by atoms with Crippen LogP contribution in [-0.2, 0) is 13.2 Å². The maximum Gasteiger partial charge on any atom is 0.404 e. The lowest BCUT2D eigenvalue weighted by Crippen LogP contribution is -2.20. The average molecular weight is 313 g/mol. The van der Waals surface area contributed by atoms with Gasteiger partial charge in [0.25, 0.3) is 0 Å². The Morgan fingerprint density at radius 3 is 2.91 bits per heavy atom. The van der Waals surface area contributed by atoms with Crippen LogP contribution in [0.1, 0.15) is 17.0 Å². The standard InChI is InChI=1S/C16H15N3O4/c1-9-13-4-10(8-20)5-14(15(13)23-19-9)11-2-3-17-12(6-11)7-18-16(21)22/h2-6,18,20H,7-8H2,1H3,(H,21,22). The van der Waals surface area contributed by atoms with E-state index in [4.69, 9.17) is 9.63 Å². The minimum absolute atomic E-state index is 0.0912. The zero-order chi connectivity index (χ0) is 16.4. The zero-order valence-electron chi connectivity index (χ0n) is 12.4. The quantitative estimate of drug-likeness (QED) is 0.682. The van der Waals surface area contributed by atoms with E-state index in [1.54, 1.807) is 18.3 Å². The number of fused-ring (bicyclic) bond motifs is 1. The summed E-state index contributed by atoms with van der Waals surface area (Å²) in [5.41, 5.74) is 4.32. The molecule has 0 radical (unpaired) electrons. The Morgan fingerprint density at radius 2 is 2.17 bits per heavy atom. The zero-order valence-corrected chi connectivity index (χ0v) is 12.4. The van der Waals surface area contributed by atoms with Crippen molar-refractivity contribution in [3.05, 3.63) is 47.4 Å². The molecule has 3 N–H and O–H groups in total. The number of hydrogen-bond donors (Lipinski definition) is 3. The van der Waals surface area contributed by atoms with Gasteiger partial charge in [-0.05, 0) is 42.3 Å². The van der Waals surface area contributed by atoms with Gasteiger partial charge in [-0.15, -0.1) is 0 Å². The molecule has 23 heavy (non-hydrogen) atoms. The molecule has 7 heteroatoms. The second kappa shape index (κ2) is 6.05. The Bertz CT molecular complexity index is 873. The lowest BCUT2D eigenvalue weighted by Gasteiger charge is -2.07. The van der Waals surface area contributed by atoms with Gasteiger partial charge in [0, 0.05) is 17.1 Å². The Balaban J connectivity index is 2.09. The molecule has 0 aliphatic heterocycles. The summed E-state index contributed by atoms with van der Waals surface area (Å²) in [4.78, 5) is 14.7. The second-order valence-electron chi connectivity index (χ2n) is 5.14. The molecule has 7 nitrogen and oxygen atoms in total. The number of nitrogens with one attached hydrogen (secondary N) is 1. The molecule has 1 aromatic carbocycles. The molecule has 0 saturated carbocycles. The van der Waals surface area contributed by atoms with Gasteiger partial charge in [0.15, 0.2) is 5.58 Å². The fourth-order valence-corrected chi connectivity index (χ4v) is 2.43. The third kappa shape index (κ3) is 3.00. The number of pyridine rings is 1. The Hall–Kier alpha value is -2.93. The molecule has 1 amide bonds. The van der Waals surface area contributed by atoms with E-state index in [-0.39, 0.29) is 13.2 Å². The van der Waals surface area contributed by atoms with Crippen LogP contribution in [0.15, 0.2) is 35.0 Å². The van der Waals surface area contributed by atoms with E-state index < -0.39 is 6.09 Å². The van der Waals surface area contributed by atoms with Crippen LogP contribution in [0.5, 0.6) is 0 Å². The number of benzene rings is 1. The molecular formula is C16H15N3O4. The van der Waals surface area contributed by atoms with Gasteiger partial charge in [-0.1, -0.05) is 5.16 Å². The number of nitrogens with zero attached hydrogens (tertiary/aromatic N) is 2. The first-order valence-corrected chi connectivity index (χ1v) is 7.00. The van der Waals surface area contributed by atoms with Gasteiger partial charge >= 0.3 is 6.09 Å². The highest BCUT2D eigenvalue weighted by Gasteiger charge is 2.13.